The Morgan fingerprint density at radius 2 is 1.94 bits per heavy atom. The number of nitrogens with two attached hydrogens (primary N) is 1. The molecule has 0 saturated carbocycles. The zero-order chi connectivity index (χ0) is 13.1. The Balaban J connectivity index is 3.22. The SMILES string of the molecule is CCC(N)C(C)S(=O)(=O)c1ccccc1OC. The van der Waals surface area contributed by atoms with Crippen LogP contribution in [0.2, 0.25) is 0 Å². The van der Waals surface area contributed by atoms with E-state index in [9.17, 15) is 8.42 Å². The van der Waals surface area contributed by atoms with Crippen LogP contribution in [0.25, 0.3) is 0 Å². The molecule has 2 unspecified atom stereocenters. The topological polar surface area (TPSA) is 69.4 Å². The van der Waals surface area contributed by atoms with Crippen molar-refractivity contribution in [3.63, 3.8) is 0 Å². The van der Waals surface area contributed by atoms with Crippen LogP contribution in [0.4, 0.5) is 0 Å². The fourth-order valence-electron chi connectivity index (χ4n) is 1.62. The van der Waals surface area contributed by atoms with Crippen LogP contribution >= 0.6 is 0 Å². The smallest absolute Gasteiger partial charge is 0.186 e. The van der Waals surface area contributed by atoms with Crippen LogP contribution in [-0.2, 0) is 9.84 Å². The van der Waals surface area contributed by atoms with Crippen LogP contribution < -0.4 is 10.5 Å². The maximum absolute atomic E-state index is 12.4. The lowest BCUT2D eigenvalue weighted by atomic mass is 10.2. The minimum absolute atomic E-state index is 0.207. The van der Waals surface area contributed by atoms with Crippen molar-refractivity contribution in [1.82, 2.24) is 0 Å². The van der Waals surface area contributed by atoms with Crippen molar-refractivity contribution in [2.24, 2.45) is 5.73 Å². The molecule has 0 fully saturated rings. The fourth-order valence-corrected chi connectivity index (χ4v) is 3.37. The number of sulfone groups is 1. The number of benzene rings is 1. The molecule has 0 aliphatic carbocycles. The molecule has 4 nitrogen and oxygen atoms in total. The Morgan fingerprint density at radius 3 is 2.47 bits per heavy atom. The molecule has 1 rings (SSSR count). The van der Waals surface area contributed by atoms with Gasteiger partial charge in [0.1, 0.15) is 10.6 Å². The van der Waals surface area contributed by atoms with Crippen molar-refractivity contribution in [3.8, 4) is 5.75 Å². The van der Waals surface area contributed by atoms with Crippen molar-refractivity contribution < 1.29 is 13.2 Å². The average molecular weight is 257 g/mol. The number of rotatable bonds is 5. The summed E-state index contributed by atoms with van der Waals surface area (Å²) in [7, 11) is -1.99. The Labute approximate surface area is 103 Å². The lowest BCUT2D eigenvalue weighted by Crippen LogP contribution is -2.37. The van der Waals surface area contributed by atoms with E-state index in [1.807, 2.05) is 6.92 Å². The maximum Gasteiger partial charge on any atom is 0.186 e. The number of para-hydroxylation sites is 1. The molecule has 0 saturated heterocycles. The van der Waals surface area contributed by atoms with Crippen molar-refractivity contribution in [2.45, 2.75) is 36.5 Å². The molecule has 2 atom stereocenters. The molecule has 1 aromatic rings. The molecule has 1 aromatic carbocycles. The first-order chi connectivity index (χ1) is 7.95. The van der Waals surface area contributed by atoms with Gasteiger partial charge in [-0.25, -0.2) is 8.42 Å². The summed E-state index contributed by atoms with van der Waals surface area (Å²) in [5.74, 6) is 0.364. The standard InChI is InChI=1S/C12H19NO3S/c1-4-10(13)9(2)17(14,15)12-8-6-5-7-11(12)16-3/h5-10H,4,13H2,1-3H3. The van der Waals surface area contributed by atoms with E-state index < -0.39 is 15.1 Å². The summed E-state index contributed by atoms with van der Waals surface area (Å²) in [6, 6.07) is 6.23. The van der Waals surface area contributed by atoms with Crippen LogP contribution in [0, 0.1) is 0 Å². The first kappa shape index (κ1) is 14.0. The van der Waals surface area contributed by atoms with E-state index in [1.54, 1.807) is 31.2 Å². The van der Waals surface area contributed by atoms with Gasteiger partial charge >= 0.3 is 0 Å². The molecule has 0 radical (unpaired) electrons. The van der Waals surface area contributed by atoms with E-state index in [-0.39, 0.29) is 10.9 Å². The zero-order valence-electron chi connectivity index (χ0n) is 10.4. The largest absolute Gasteiger partial charge is 0.495 e. The van der Waals surface area contributed by atoms with Crippen molar-refractivity contribution in [2.75, 3.05) is 7.11 Å². The van der Waals surface area contributed by atoms with Crippen molar-refractivity contribution in [1.29, 1.82) is 0 Å². The molecule has 2 N–H and O–H groups in total. The summed E-state index contributed by atoms with van der Waals surface area (Å²) in [5.41, 5.74) is 5.81. The van der Waals surface area contributed by atoms with E-state index in [0.717, 1.165) is 0 Å². The Morgan fingerprint density at radius 1 is 1.35 bits per heavy atom. The minimum atomic E-state index is -3.44. The van der Waals surface area contributed by atoms with Crippen molar-refractivity contribution in [3.05, 3.63) is 24.3 Å². The first-order valence-corrected chi connectivity index (χ1v) is 7.12. The molecule has 96 valence electrons. The highest BCUT2D eigenvalue weighted by Crippen LogP contribution is 2.27. The Hall–Kier alpha value is -1.07. The van der Waals surface area contributed by atoms with E-state index in [2.05, 4.69) is 0 Å². The molecule has 0 aliphatic rings. The summed E-state index contributed by atoms with van der Waals surface area (Å²) < 4.78 is 29.8. The molecule has 17 heavy (non-hydrogen) atoms. The molecule has 0 heterocycles. The molecular formula is C12H19NO3S. The van der Waals surface area contributed by atoms with E-state index in [4.69, 9.17) is 10.5 Å². The van der Waals surface area contributed by atoms with Gasteiger partial charge in [-0.05, 0) is 25.5 Å². The summed E-state index contributed by atoms with van der Waals surface area (Å²) in [6.45, 7) is 3.51. The van der Waals surface area contributed by atoms with Gasteiger partial charge in [0.25, 0.3) is 0 Å². The van der Waals surface area contributed by atoms with Crippen LogP contribution in [0.3, 0.4) is 0 Å². The third kappa shape index (κ3) is 2.79. The molecule has 0 spiro atoms. The molecular weight excluding hydrogens is 238 g/mol. The molecule has 0 aromatic heterocycles. The number of hydrogen-bond acceptors (Lipinski definition) is 4. The van der Waals surface area contributed by atoms with Crippen LogP contribution in [0.1, 0.15) is 20.3 Å². The second-order valence-corrected chi connectivity index (χ2v) is 6.25. The molecule has 0 aliphatic heterocycles. The number of methoxy groups -OCH3 is 1. The lowest BCUT2D eigenvalue weighted by Gasteiger charge is -2.20. The van der Waals surface area contributed by atoms with Crippen molar-refractivity contribution >= 4 is 9.84 Å². The normalized spacial score (nSPS) is 15.3. The highest BCUT2D eigenvalue weighted by molar-refractivity contribution is 7.92. The molecule has 0 bridgehead atoms. The predicted octanol–water partition coefficient (Wildman–Crippen LogP) is 1.59. The van der Waals surface area contributed by atoms with E-state index >= 15 is 0 Å². The van der Waals surface area contributed by atoms with Gasteiger partial charge in [-0.2, -0.15) is 0 Å². The number of ether oxygens (including phenoxy) is 1. The van der Waals surface area contributed by atoms with Gasteiger partial charge in [0.15, 0.2) is 9.84 Å². The lowest BCUT2D eigenvalue weighted by molar-refractivity contribution is 0.402. The number of hydrogen-bond donors (Lipinski definition) is 1. The monoisotopic (exact) mass is 257 g/mol. The van der Waals surface area contributed by atoms with Gasteiger partial charge in [-0.1, -0.05) is 19.1 Å². The summed E-state index contributed by atoms with van der Waals surface area (Å²) in [4.78, 5) is 0.207. The second-order valence-electron chi connectivity index (χ2n) is 3.97. The van der Waals surface area contributed by atoms with Crippen LogP contribution in [0.5, 0.6) is 5.75 Å². The Kier molecular flexibility index (Phi) is 4.54. The molecule has 0 amide bonds. The first-order valence-electron chi connectivity index (χ1n) is 5.57. The summed E-state index contributed by atoms with van der Waals surface area (Å²) in [6.07, 6.45) is 0.621. The van der Waals surface area contributed by atoms with Gasteiger partial charge in [0, 0.05) is 6.04 Å². The third-order valence-corrected chi connectivity index (χ3v) is 5.22. The van der Waals surface area contributed by atoms with Gasteiger partial charge in [0.2, 0.25) is 0 Å². The summed E-state index contributed by atoms with van der Waals surface area (Å²) >= 11 is 0. The quantitative estimate of drug-likeness (QED) is 0.869. The van der Waals surface area contributed by atoms with Gasteiger partial charge in [-0.3, -0.25) is 0 Å². The van der Waals surface area contributed by atoms with Crippen LogP contribution in [-0.4, -0.2) is 26.8 Å². The predicted molar refractivity (Wildman–Crippen MR) is 67.9 cm³/mol. The maximum atomic E-state index is 12.4. The van der Waals surface area contributed by atoms with Crippen LogP contribution in [0.15, 0.2) is 29.2 Å². The zero-order valence-corrected chi connectivity index (χ0v) is 11.2. The highest BCUT2D eigenvalue weighted by Gasteiger charge is 2.30. The van der Waals surface area contributed by atoms with E-state index in [1.165, 1.54) is 7.11 Å². The molecule has 5 heteroatoms. The third-order valence-electron chi connectivity index (χ3n) is 2.94. The fraction of sp³-hybridized carbons (Fsp3) is 0.500. The highest BCUT2D eigenvalue weighted by atomic mass is 32.2. The Bertz CT molecular complexity index is 470. The van der Waals surface area contributed by atoms with E-state index in [0.29, 0.717) is 12.2 Å². The minimum Gasteiger partial charge on any atom is -0.495 e. The van der Waals surface area contributed by atoms with Gasteiger partial charge in [0.05, 0.1) is 12.4 Å². The van der Waals surface area contributed by atoms with Gasteiger partial charge < -0.3 is 10.5 Å². The average Bonchev–Trinajstić information content (AvgIpc) is 2.36. The second kappa shape index (κ2) is 5.51. The summed E-state index contributed by atoms with van der Waals surface area (Å²) in [5, 5.41) is -0.621. The van der Waals surface area contributed by atoms with Gasteiger partial charge in [-0.15, -0.1) is 0 Å².